The maximum absolute atomic E-state index is 11.2. The van der Waals surface area contributed by atoms with E-state index >= 15 is 0 Å². The third-order valence-electron chi connectivity index (χ3n) is 2.03. The second-order valence-corrected chi connectivity index (χ2v) is 5.25. The van der Waals surface area contributed by atoms with Crippen LogP contribution in [-0.4, -0.2) is 34.9 Å². The van der Waals surface area contributed by atoms with Crippen molar-refractivity contribution in [3.8, 4) is 0 Å². The topological polar surface area (TPSA) is 102 Å². The average molecular weight is 246 g/mol. The van der Waals surface area contributed by atoms with Gasteiger partial charge in [-0.3, -0.25) is 4.79 Å². The van der Waals surface area contributed by atoms with Gasteiger partial charge < -0.3 is 20.9 Å². The van der Waals surface area contributed by atoms with Crippen LogP contribution in [0.4, 0.5) is 4.79 Å². The van der Waals surface area contributed by atoms with Crippen molar-refractivity contribution < 1.29 is 19.4 Å². The number of carboxylic acid groups (broad SMARTS) is 1. The summed E-state index contributed by atoms with van der Waals surface area (Å²) in [5.74, 6) is -1.05. The second-order valence-electron chi connectivity index (χ2n) is 5.25. The van der Waals surface area contributed by atoms with Crippen LogP contribution >= 0.6 is 0 Å². The zero-order valence-corrected chi connectivity index (χ0v) is 10.9. The number of ether oxygens (including phenoxy) is 1. The minimum atomic E-state index is -1.25. The summed E-state index contributed by atoms with van der Waals surface area (Å²) < 4.78 is 5.02. The standard InChI is InChI=1S/C11H22N2O4/c1-10(2,3)17-9(16)13-7-5-6-11(4,12)8(14)15/h5-7,12H2,1-4H3,(H,13,16)(H,14,15)/t11-/m1/s1. The lowest BCUT2D eigenvalue weighted by Crippen LogP contribution is -2.45. The zero-order chi connectivity index (χ0) is 13.7. The van der Waals surface area contributed by atoms with Gasteiger partial charge in [-0.15, -0.1) is 0 Å². The molecule has 0 aromatic carbocycles. The van der Waals surface area contributed by atoms with Crippen molar-refractivity contribution in [2.24, 2.45) is 5.73 Å². The fourth-order valence-corrected chi connectivity index (χ4v) is 1.07. The van der Waals surface area contributed by atoms with E-state index < -0.39 is 23.2 Å². The molecule has 4 N–H and O–H groups in total. The number of rotatable bonds is 5. The molecule has 0 bridgehead atoms. The molecule has 0 unspecified atom stereocenters. The van der Waals surface area contributed by atoms with Gasteiger partial charge in [0.1, 0.15) is 11.1 Å². The van der Waals surface area contributed by atoms with Crippen LogP contribution in [0.15, 0.2) is 0 Å². The summed E-state index contributed by atoms with van der Waals surface area (Å²) in [7, 11) is 0. The summed E-state index contributed by atoms with van der Waals surface area (Å²) in [6.45, 7) is 7.10. The first-order chi connectivity index (χ1) is 7.54. The van der Waals surface area contributed by atoms with E-state index in [9.17, 15) is 9.59 Å². The molecule has 0 saturated heterocycles. The smallest absolute Gasteiger partial charge is 0.407 e. The molecule has 1 atom stereocenters. The van der Waals surface area contributed by atoms with Gasteiger partial charge >= 0.3 is 12.1 Å². The normalized spacial score (nSPS) is 14.9. The first-order valence-electron chi connectivity index (χ1n) is 5.54. The Balaban J connectivity index is 3.80. The van der Waals surface area contributed by atoms with Crippen LogP contribution in [0.1, 0.15) is 40.5 Å². The van der Waals surface area contributed by atoms with Gasteiger partial charge in [-0.05, 0) is 40.5 Å². The van der Waals surface area contributed by atoms with Crippen molar-refractivity contribution in [3.05, 3.63) is 0 Å². The molecule has 0 aliphatic carbocycles. The van der Waals surface area contributed by atoms with Crippen LogP contribution in [0.2, 0.25) is 0 Å². The molecule has 0 saturated carbocycles. The molecule has 0 radical (unpaired) electrons. The monoisotopic (exact) mass is 246 g/mol. The quantitative estimate of drug-likeness (QED) is 0.630. The molecule has 6 heteroatoms. The van der Waals surface area contributed by atoms with E-state index in [0.717, 1.165) is 0 Å². The Labute approximate surface area is 102 Å². The van der Waals surface area contributed by atoms with Gasteiger partial charge in [-0.25, -0.2) is 4.79 Å². The van der Waals surface area contributed by atoms with Gasteiger partial charge in [0.25, 0.3) is 0 Å². The van der Waals surface area contributed by atoms with Crippen LogP contribution in [0.5, 0.6) is 0 Å². The number of carbonyl (C=O) groups excluding carboxylic acids is 1. The van der Waals surface area contributed by atoms with Gasteiger partial charge in [0, 0.05) is 6.54 Å². The van der Waals surface area contributed by atoms with Crippen molar-refractivity contribution in [2.45, 2.75) is 51.7 Å². The van der Waals surface area contributed by atoms with E-state index in [0.29, 0.717) is 13.0 Å². The molecule has 100 valence electrons. The Morgan fingerprint density at radius 3 is 2.24 bits per heavy atom. The lowest BCUT2D eigenvalue weighted by molar-refractivity contribution is -0.142. The van der Waals surface area contributed by atoms with Gasteiger partial charge in [-0.2, -0.15) is 0 Å². The first-order valence-corrected chi connectivity index (χ1v) is 5.54. The fourth-order valence-electron chi connectivity index (χ4n) is 1.07. The molecule has 0 spiro atoms. The molecule has 0 heterocycles. The maximum Gasteiger partial charge on any atom is 0.407 e. The second kappa shape index (κ2) is 5.86. The summed E-state index contributed by atoms with van der Waals surface area (Å²) in [6, 6.07) is 0. The van der Waals surface area contributed by atoms with E-state index in [1.807, 2.05) is 0 Å². The number of aliphatic carboxylic acids is 1. The van der Waals surface area contributed by atoms with Crippen LogP contribution in [0.3, 0.4) is 0 Å². The molecule has 6 nitrogen and oxygen atoms in total. The fraction of sp³-hybridized carbons (Fsp3) is 0.818. The van der Waals surface area contributed by atoms with Crippen molar-refractivity contribution in [3.63, 3.8) is 0 Å². The molecule has 0 fully saturated rings. The number of carboxylic acids is 1. The van der Waals surface area contributed by atoms with E-state index in [2.05, 4.69) is 5.32 Å². The molecular formula is C11H22N2O4. The minimum absolute atomic E-state index is 0.290. The largest absolute Gasteiger partial charge is 0.480 e. The lowest BCUT2D eigenvalue weighted by Gasteiger charge is -2.21. The molecule has 1 amide bonds. The van der Waals surface area contributed by atoms with Crippen LogP contribution in [-0.2, 0) is 9.53 Å². The number of amides is 1. The van der Waals surface area contributed by atoms with Gasteiger partial charge in [0.2, 0.25) is 0 Å². The molecular weight excluding hydrogens is 224 g/mol. The summed E-state index contributed by atoms with van der Waals surface area (Å²) in [5, 5.41) is 11.3. The van der Waals surface area contributed by atoms with Crippen molar-refractivity contribution in [1.82, 2.24) is 5.32 Å². The van der Waals surface area contributed by atoms with Crippen LogP contribution in [0.25, 0.3) is 0 Å². The van der Waals surface area contributed by atoms with Gasteiger partial charge in [-0.1, -0.05) is 0 Å². The highest BCUT2D eigenvalue weighted by molar-refractivity contribution is 5.77. The highest BCUT2D eigenvalue weighted by atomic mass is 16.6. The van der Waals surface area contributed by atoms with Crippen molar-refractivity contribution in [1.29, 1.82) is 0 Å². The molecule has 0 aliphatic heterocycles. The molecule has 0 aromatic rings. The Morgan fingerprint density at radius 2 is 1.82 bits per heavy atom. The van der Waals surface area contributed by atoms with Crippen LogP contribution < -0.4 is 11.1 Å². The molecule has 17 heavy (non-hydrogen) atoms. The summed E-state index contributed by atoms with van der Waals surface area (Å²) in [6.07, 6.45) is 0.267. The number of carbonyl (C=O) groups is 2. The van der Waals surface area contributed by atoms with E-state index in [1.165, 1.54) is 6.92 Å². The Hall–Kier alpha value is -1.30. The Kier molecular flexibility index (Phi) is 5.41. The zero-order valence-electron chi connectivity index (χ0n) is 10.9. The number of hydrogen-bond acceptors (Lipinski definition) is 4. The van der Waals surface area contributed by atoms with Crippen LogP contribution in [0, 0.1) is 0 Å². The lowest BCUT2D eigenvalue weighted by atomic mass is 9.98. The third kappa shape index (κ3) is 7.57. The predicted octanol–water partition coefficient (Wildman–Crippen LogP) is 1.09. The molecule has 0 rings (SSSR count). The van der Waals surface area contributed by atoms with Gasteiger partial charge in [0.15, 0.2) is 0 Å². The molecule has 0 aromatic heterocycles. The summed E-state index contributed by atoms with van der Waals surface area (Å²) in [5.41, 5.74) is 3.75. The van der Waals surface area contributed by atoms with E-state index in [-0.39, 0.29) is 6.42 Å². The summed E-state index contributed by atoms with van der Waals surface area (Å²) in [4.78, 5) is 21.9. The summed E-state index contributed by atoms with van der Waals surface area (Å²) >= 11 is 0. The van der Waals surface area contributed by atoms with Crippen molar-refractivity contribution >= 4 is 12.1 Å². The number of nitrogens with one attached hydrogen (secondary N) is 1. The molecule has 0 aliphatic rings. The predicted molar refractivity (Wildman–Crippen MR) is 63.7 cm³/mol. The van der Waals surface area contributed by atoms with E-state index in [1.54, 1.807) is 20.8 Å². The van der Waals surface area contributed by atoms with Crippen molar-refractivity contribution in [2.75, 3.05) is 6.54 Å². The van der Waals surface area contributed by atoms with E-state index in [4.69, 9.17) is 15.6 Å². The Morgan fingerprint density at radius 1 is 1.29 bits per heavy atom. The highest BCUT2D eigenvalue weighted by Crippen LogP contribution is 2.09. The average Bonchev–Trinajstić information content (AvgIpc) is 2.09. The number of hydrogen-bond donors (Lipinski definition) is 3. The highest BCUT2D eigenvalue weighted by Gasteiger charge is 2.27. The first kappa shape index (κ1) is 15.7. The number of nitrogens with two attached hydrogens (primary N) is 1. The Bertz CT molecular complexity index is 282. The SMILES string of the molecule is CC(C)(C)OC(=O)NCCC[C@@](C)(N)C(=O)O. The maximum atomic E-state index is 11.2. The number of alkyl carbamates (subject to hydrolysis) is 1. The minimum Gasteiger partial charge on any atom is -0.480 e. The third-order valence-corrected chi connectivity index (χ3v) is 2.03. The van der Waals surface area contributed by atoms with Gasteiger partial charge in [0.05, 0.1) is 0 Å².